The Morgan fingerprint density at radius 2 is 1.03 bits per heavy atom. The summed E-state index contributed by atoms with van der Waals surface area (Å²) < 4.78 is 10.4. The Kier molecular flexibility index (Phi) is 10.4. The molecule has 2 aliphatic carbocycles. The van der Waals surface area contributed by atoms with Gasteiger partial charge in [-0.05, 0) is 92.9 Å². The Morgan fingerprint density at radius 3 is 1.30 bits per heavy atom. The lowest BCUT2D eigenvalue weighted by atomic mass is 9.92. The molecule has 0 aromatic rings. The highest BCUT2D eigenvalue weighted by Gasteiger charge is 2.24. The first-order chi connectivity index (χ1) is 13.7. The molecule has 4 atom stereocenters. The summed E-state index contributed by atoms with van der Waals surface area (Å²) in [6, 6.07) is 0.810. The molecule has 2 amide bonds. The summed E-state index contributed by atoms with van der Waals surface area (Å²) in [4.78, 5) is 22.9. The zero-order chi connectivity index (χ0) is 22.9. The summed E-state index contributed by atoms with van der Waals surface area (Å²) >= 11 is 0. The maximum absolute atomic E-state index is 11.5. The van der Waals surface area contributed by atoms with Crippen molar-refractivity contribution in [3.63, 3.8) is 0 Å². The number of hydrogen-bond acceptors (Lipinski definition) is 6. The van der Waals surface area contributed by atoms with Gasteiger partial charge in [-0.2, -0.15) is 0 Å². The topological polar surface area (TPSA) is 129 Å². The summed E-state index contributed by atoms with van der Waals surface area (Å²) in [6.45, 7) is 11.2. The van der Waals surface area contributed by atoms with Gasteiger partial charge in [0.15, 0.2) is 0 Å². The molecule has 6 N–H and O–H groups in total. The molecule has 0 heterocycles. The highest BCUT2D eigenvalue weighted by atomic mass is 16.6. The summed E-state index contributed by atoms with van der Waals surface area (Å²) in [6.07, 6.45) is 7.36. The Morgan fingerprint density at radius 1 is 0.700 bits per heavy atom. The van der Waals surface area contributed by atoms with Crippen LogP contribution < -0.4 is 22.1 Å². The molecule has 2 rings (SSSR count). The molecule has 0 saturated heterocycles. The number of rotatable bonds is 2. The molecule has 2 saturated carbocycles. The Labute approximate surface area is 182 Å². The van der Waals surface area contributed by atoms with Gasteiger partial charge >= 0.3 is 12.2 Å². The molecule has 0 unspecified atom stereocenters. The number of nitrogens with two attached hydrogens (primary N) is 2. The summed E-state index contributed by atoms with van der Waals surface area (Å²) in [5.41, 5.74) is 10.8. The van der Waals surface area contributed by atoms with Crippen molar-refractivity contribution in [2.75, 3.05) is 0 Å². The quantitative estimate of drug-likeness (QED) is 0.532. The largest absolute Gasteiger partial charge is 0.444 e. The average Bonchev–Trinajstić information content (AvgIpc) is 2.51. The zero-order valence-electron chi connectivity index (χ0n) is 19.8. The molecule has 2 aliphatic rings. The lowest BCUT2D eigenvalue weighted by Gasteiger charge is -2.28. The van der Waals surface area contributed by atoms with Gasteiger partial charge in [-0.1, -0.05) is 0 Å². The van der Waals surface area contributed by atoms with Gasteiger partial charge in [0.05, 0.1) is 0 Å². The molecule has 0 aromatic carbocycles. The van der Waals surface area contributed by atoms with Crippen molar-refractivity contribution in [1.29, 1.82) is 0 Å². The van der Waals surface area contributed by atoms with E-state index >= 15 is 0 Å². The average molecular weight is 429 g/mol. The van der Waals surface area contributed by atoms with E-state index in [2.05, 4.69) is 10.6 Å². The number of carbonyl (C=O) groups is 2. The summed E-state index contributed by atoms with van der Waals surface area (Å²) in [5.74, 6) is 0. The minimum absolute atomic E-state index is 0.184. The van der Waals surface area contributed by atoms with Gasteiger partial charge in [0, 0.05) is 24.2 Å². The van der Waals surface area contributed by atoms with Crippen LogP contribution in [0.4, 0.5) is 9.59 Å². The minimum Gasteiger partial charge on any atom is -0.444 e. The Hall–Kier alpha value is -1.54. The predicted molar refractivity (Wildman–Crippen MR) is 119 cm³/mol. The fourth-order valence-electron chi connectivity index (χ4n) is 3.67. The van der Waals surface area contributed by atoms with Gasteiger partial charge in [0.25, 0.3) is 0 Å². The van der Waals surface area contributed by atoms with E-state index in [0.717, 1.165) is 51.4 Å². The lowest BCUT2D eigenvalue weighted by molar-refractivity contribution is 0.0478. The van der Waals surface area contributed by atoms with E-state index in [9.17, 15) is 9.59 Å². The highest BCUT2D eigenvalue weighted by Crippen LogP contribution is 2.18. The van der Waals surface area contributed by atoms with Gasteiger partial charge in [-0.3, -0.25) is 0 Å². The molecule has 176 valence electrons. The maximum Gasteiger partial charge on any atom is 0.407 e. The van der Waals surface area contributed by atoms with Crippen molar-refractivity contribution in [2.45, 2.75) is 128 Å². The summed E-state index contributed by atoms with van der Waals surface area (Å²) in [5, 5.41) is 5.73. The van der Waals surface area contributed by atoms with Gasteiger partial charge in [0.2, 0.25) is 0 Å². The first-order valence-electron chi connectivity index (χ1n) is 11.2. The van der Waals surface area contributed by atoms with Crippen LogP contribution in [0.1, 0.15) is 92.9 Å². The first kappa shape index (κ1) is 26.5. The third-order valence-corrected chi connectivity index (χ3v) is 4.87. The van der Waals surface area contributed by atoms with Gasteiger partial charge < -0.3 is 31.6 Å². The van der Waals surface area contributed by atoms with Crippen molar-refractivity contribution in [3.8, 4) is 0 Å². The van der Waals surface area contributed by atoms with Crippen LogP contribution in [0.5, 0.6) is 0 Å². The number of alkyl carbamates (subject to hydrolysis) is 2. The van der Waals surface area contributed by atoms with E-state index in [0.29, 0.717) is 0 Å². The van der Waals surface area contributed by atoms with E-state index < -0.39 is 11.2 Å². The molecule has 8 heteroatoms. The van der Waals surface area contributed by atoms with Crippen molar-refractivity contribution < 1.29 is 19.1 Å². The monoisotopic (exact) mass is 428 g/mol. The van der Waals surface area contributed by atoms with Crippen LogP contribution in [-0.2, 0) is 9.47 Å². The number of hydrogen-bond donors (Lipinski definition) is 4. The Balaban J connectivity index is 0.000000300. The third-order valence-electron chi connectivity index (χ3n) is 4.87. The van der Waals surface area contributed by atoms with Crippen molar-refractivity contribution in [3.05, 3.63) is 0 Å². The smallest absolute Gasteiger partial charge is 0.407 e. The number of carbonyl (C=O) groups excluding carboxylic acids is 2. The van der Waals surface area contributed by atoms with Crippen LogP contribution in [-0.4, -0.2) is 47.6 Å². The van der Waals surface area contributed by atoms with Gasteiger partial charge in [-0.25, -0.2) is 9.59 Å². The molecule has 0 radical (unpaired) electrons. The van der Waals surface area contributed by atoms with Crippen LogP contribution in [0.15, 0.2) is 0 Å². The second-order valence-corrected chi connectivity index (χ2v) is 10.5. The van der Waals surface area contributed by atoms with Crippen LogP contribution in [0.25, 0.3) is 0 Å². The van der Waals surface area contributed by atoms with Crippen molar-refractivity contribution >= 4 is 12.2 Å². The molecular formula is C22H44N4O4. The minimum atomic E-state index is -0.430. The molecule has 30 heavy (non-hydrogen) atoms. The molecule has 8 nitrogen and oxygen atoms in total. The standard InChI is InChI=1S/2C11H22N2O2/c2*1-11(2,3)15-10(14)13-9-6-4-5-8(12)7-9/h2*8-9H,4-7,12H2,1-3H3,(H,13,14)/t2*8-,9-/m10/s1. The van der Waals surface area contributed by atoms with Crippen LogP contribution in [0.3, 0.4) is 0 Å². The SMILES string of the molecule is CC(C)(C)OC(=O)N[C@@H]1CCC[C@@H](N)C1.CC(C)(C)OC(=O)N[C@H]1CCC[C@H](N)C1. The first-order valence-corrected chi connectivity index (χ1v) is 11.2. The number of nitrogens with one attached hydrogen (secondary N) is 2. The number of amides is 2. The molecule has 0 bridgehead atoms. The molecule has 0 aliphatic heterocycles. The van der Waals surface area contributed by atoms with E-state index in [-0.39, 0.29) is 36.4 Å². The zero-order valence-corrected chi connectivity index (χ0v) is 19.8. The van der Waals surface area contributed by atoms with E-state index in [1.807, 2.05) is 41.5 Å². The Bertz CT molecular complexity index is 494. The molecular weight excluding hydrogens is 384 g/mol. The molecule has 0 spiro atoms. The highest BCUT2D eigenvalue weighted by molar-refractivity contribution is 5.68. The van der Waals surface area contributed by atoms with Crippen LogP contribution in [0, 0.1) is 0 Å². The fourth-order valence-corrected chi connectivity index (χ4v) is 3.67. The van der Waals surface area contributed by atoms with E-state index in [1.165, 1.54) is 0 Å². The normalized spacial score (nSPS) is 27.2. The fraction of sp³-hybridized carbons (Fsp3) is 0.909. The van der Waals surface area contributed by atoms with E-state index in [4.69, 9.17) is 20.9 Å². The van der Waals surface area contributed by atoms with Crippen molar-refractivity contribution in [1.82, 2.24) is 10.6 Å². The lowest BCUT2D eigenvalue weighted by Crippen LogP contribution is -2.44. The second-order valence-electron chi connectivity index (χ2n) is 10.5. The van der Waals surface area contributed by atoms with E-state index in [1.54, 1.807) is 0 Å². The number of ether oxygens (including phenoxy) is 2. The third kappa shape index (κ3) is 12.9. The molecule has 2 fully saturated rings. The van der Waals surface area contributed by atoms with Gasteiger partial charge in [-0.15, -0.1) is 0 Å². The van der Waals surface area contributed by atoms with Gasteiger partial charge in [0.1, 0.15) is 11.2 Å². The van der Waals surface area contributed by atoms with Crippen LogP contribution >= 0.6 is 0 Å². The molecule has 0 aromatic heterocycles. The van der Waals surface area contributed by atoms with Crippen LogP contribution in [0.2, 0.25) is 0 Å². The van der Waals surface area contributed by atoms with Crippen molar-refractivity contribution in [2.24, 2.45) is 11.5 Å². The second kappa shape index (κ2) is 11.7. The summed E-state index contributed by atoms with van der Waals surface area (Å²) in [7, 11) is 0. The maximum atomic E-state index is 11.5. The predicted octanol–water partition coefficient (Wildman–Crippen LogP) is 3.56.